The predicted octanol–water partition coefficient (Wildman–Crippen LogP) is 4.73. The van der Waals surface area contributed by atoms with Crippen LogP contribution in [0.1, 0.15) is 77.6 Å². The minimum Gasteiger partial charge on any atom is -0.480 e. The monoisotopic (exact) mass is 307 g/mol. The zero-order valence-corrected chi connectivity index (χ0v) is 14.4. The van der Waals surface area contributed by atoms with Crippen LogP contribution >= 0.6 is 12.4 Å². The molecule has 0 amide bonds. The van der Waals surface area contributed by atoms with Gasteiger partial charge in [-0.3, -0.25) is 9.69 Å². The van der Waals surface area contributed by atoms with Gasteiger partial charge in [-0.2, -0.15) is 0 Å². The first kappa shape index (κ1) is 22.0. The molecule has 0 saturated carbocycles. The number of likely N-dealkylation sites (N-methyl/N-ethyl adjacent to an activating group) is 1. The summed E-state index contributed by atoms with van der Waals surface area (Å²) in [6.45, 7) is 2.25. The lowest BCUT2D eigenvalue weighted by molar-refractivity contribution is -0.142. The Hall–Kier alpha value is -0.280. The van der Waals surface area contributed by atoms with Crippen LogP contribution < -0.4 is 0 Å². The van der Waals surface area contributed by atoms with E-state index in [9.17, 15) is 4.79 Å². The topological polar surface area (TPSA) is 40.5 Å². The van der Waals surface area contributed by atoms with Crippen LogP contribution in [-0.4, -0.2) is 36.1 Å². The lowest BCUT2D eigenvalue weighted by atomic mass is 10.0. The molecule has 0 aromatic heterocycles. The van der Waals surface area contributed by atoms with Gasteiger partial charge in [0, 0.05) is 0 Å². The van der Waals surface area contributed by atoms with Crippen LogP contribution in [0.25, 0.3) is 0 Å². The Morgan fingerprint density at radius 2 is 1.30 bits per heavy atom. The zero-order chi connectivity index (χ0) is 14.5. The maximum Gasteiger partial charge on any atom is 0.320 e. The summed E-state index contributed by atoms with van der Waals surface area (Å²) in [5.41, 5.74) is 0. The van der Waals surface area contributed by atoms with E-state index < -0.39 is 5.97 Å². The van der Waals surface area contributed by atoms with E-state index in [4.69, 9.17) is 5.11 Å². The molecule has 0 aliphatic carbocycles. The minimum atomic E-state index is -0.694. The number of nitrogens with zero attached hydrogens (tertiary/aromatic N) is 1. The van der Waals surface area contributed by atoms with Gasteiger partial charge in [0.2, 0.25) is 0 Å². The molecule has 0 saturated heterocycles. The van der Waals surface area contributed by atoms with Crippen molar-refractivity contribution >= 4 is 18.4 Å². The van der Waals surface area contributed by atoms with Gasteiger partial charge in [0.1, 0.15) is 6.04 Å². The second kappa shape index (κ2) is 15.1. The van der Waals surface area contributed by atoms with E-state index in [0.29, 0.717) is 0 Å². The van der Waals surface area contributed by atoms with Crippen LogP contribution in [-0.2, 0) is 4.79 Å². The van der Waals surface area contributed by atoms with Gasteiger partial charge in [-0.15, -0.1) is 12.4 Å². The maximum atomic E-state index is 11.0. The molecule has 20 heavy (non-hydrogen) atoms. The summed E-state index contributed by atoms with van der Waals surface area (Å²) in [4.78, 5) is 12.8. The molecule has 0 heterocycles. The number of aliphatic carboxylic acids is 1. The summed E-state index contributed by atoms with van der Waals surface area (Å²) in [5, 5.41) is 9.05. The van der Waals surface area contributed by atoms with Gasteiger partial charge >= 0.3 is 5.97 Å². The number of carbonyl (C=O) groups is 1. The first-order valence-corrected chi connectivity index (χ1v) is 7.98. The Morgan fingerprint density at radius 3 is 1.65 bits per heavy atom. The highest BCUT2D eigenvalue weighted by molar-refractivity contribution is 5.85. The average molecular weight is 308 g/mol. The fraction of sp³-hybridized carbons (Fsp3) is 0.938. The second-order valence-electron chi connectivity index (χ2n) is 5.79. The first-order chi connectivity index (χ1) is 9.09. The lowest BCUT2D eigenvalue weighted by Gasteiger charge is -2.19. The van der Waals surface area contributed by atoms with E-state index in [-0.39, 0.29) is 18.4 Å². The molecular weight excluding hydrogens is 274 g/mol. The highest BCUT2D eigenvalue weighted by atomic mass is 35.5. The van der Waals surface area contributed by atoms with Crippen LogP contribution in [0.2, 0.25) is 0 Å². The van der Waals surface area contributed by atoms with Crippen LogP contribution in [0.4, 0.5) is 0 Å². The Bertz CT molecular complexity index is 223. The average Bonchev–Trinajstić information content (AvgIpc) is 2.35. The third-order valence-electron chi connectivity index (χ3n) is 3.74. The summed E-state index contributed by atoms with van der Waals surface area (Å²) in [7, 11) is 3.68. The molecule has 0 aromatic rings. The molecule has 0 bridgehead atoms. The van der Waals surface area contributed by atoms with E-state index >= 15 is 0 Å². The normalized spacial score (nSPS) is 12.2. The number of hydrogen-bond donors (Lipinski definition) is 1. The summed E-state index contributed by atoms with van der Waals surface area (Å²) >= 11 is 0. The highest BCUT2D eigenvalue weighted by Gasteiger charge is 2.18. The van der Waals surface area contributed by atoms with Crippen molar-refractivity contribution in [3.63, 3.8) is 0 Å². The maximum absolute atomic E-state index is 11.0. The molecule has 1 unspecified atom stereocenters. The zero-order valence-electron chi connectivity index (χ0n) is 13.6. The molecule has 0 rings (SSSR count). The van der Waals surface area contributed by atoms with Crippen molar-refractivity contribution in [2.75, 3.05) is 14.1 Å². The van der Waals surface area contributed by atoms with E-state index in [1.165, 1.54) is 57.8 Å². The van der Waals surface area contributed by atoms with Crippen LogP contribution in [0.3, 0.4) is 0 Å². The molecule has 0 aliphatic heterocycles. The third kappa shape index (κ3) is 12.7. The first-order valence-electron chi connectivity index (χ1n) is 7.98. The van der Waals surface area contributed by atoms with Gasteiger partial charge in [-0.05, 0) is 20.5 Å². The second-order valence-corrected chi connectivity index (χ2v) is 5.79. The van der Waals surface area contributed by atoms with Crippen molar-refractivity contribution in [2.45, 2.75) is 83.6 Å². The standard InChI is InChI=1S/C16H33NO2.ClH/c1-4-5-6-7-8-9-10-11-12-13-14-15(16(18)19)17(2)3;/h15H,4-14H2,1-3H3,(H,18,19);1H. The summed E-state index contributed by atoms with van der Waals surface area (Å²) < 4.78 is 0. The molecule has 4 heteroatoms. The van der Waals surface area contributed by atoms with E-state index in [0.717, 1.165) is 12.8 Å². The highest BCUT2D eigenvalue weighted by Crippen LogP contribution is 2.13. The van der Waals surface area contributed by atoms with Gasteiger partial charge in [0.05, 0.1) is 0 Å². The van der Waals surface area contributed by atoms with Crippen molar-refractivity contribution in [3.05, 3.63) is 0 Å². The van der Waals surface area contributed by atoms with E-state index in [2.05, 4.69) is 6.92 Å². The number of hydrogen-bond acceptors (Lipinski definition) is 2. The molecule has 122 valence electrons. The predicted molar refractivity (Wildman–Crippen MR) is 88.8 cm³/mol. The molecule has 0 spiro atoms. The van der Waals surface area contributed by atoms with E-state index in [1.807, 2.05) is 14.1 Å². The molecule has 3 nitrogen and oxygen atoms in total. The van der Waals surface area contributed by atoms with E-state index in [1.54, 1.807) is 4.90 Å². The third-order valence-corrected chi connectivity index (χ3v) is 3.74. The molecular formula is C16H34ClNO2. The molecule has 0 aliphatic rings. The van der Waals surface area contributed by atoms with Gasteiger partial charge in [-0.1, -0.05) is 71.1 Å². The van der Waals surface area contributed by atoms with Gasteiger partial charge < -0.3 is 5.11 Å². The fourth-order valence-electron chi connectivity index (χ4n) is 2.43. The van der Waals surface area contributed by atoms with Crippen LogP contribution in [0.5, 0.6) is 0 Å². The largest absolute Gasteiger partial charge is 0.480 e. The minimum absolute atomic E-state index is 0. The van der Waals surface area contributed by atoms with Gasteiger partial charge in [0.25, 0.3) is 0 Å². The molecule has 0 fully saturated rings. The molecule has 0 aromatic carbocycles. The molecule has 1 atom stereocenters. The van der Waals surface area contributed by atoms with Crippen molar-refractivity contribution in [2.24, 2.45) is 0 Å². The number of carboxylic acids is 1. The van der Waals surface area contributed by atoms with Crippen molar-refractivity contribution in [1.82, 2.24) is 4.90 Å². The Morgan fingerprint density at radius 1 is 0.900 bits per heavy atom. The quantitative estimate of drug-likeness (QED) is 0.500. The van der Waals surface area contributed by atoms with Gasteiger partial charge in [-0.25, -0.2) is 0 Å². The number of halogens is 1. The Labute approximate surface area is 131 Å². The lowest BCUT2D eigenvalue weighted by Crippen LogP contribution is -2.35. The SMILES string of the molecule is CCCCCCCCCCCCC(C(=O)O)N(C)C.Cl. The van der Waals surface area contributed by atoms with Crippen LogP contribution in [0.15, 0.2) is 0 Å². The Kier molecular flexibility index (Phi) is 16.6. The van der Waals surface area contributed by atoms with Crippen molar-refractivity contribution < 1.29 is 9.90 Å². The van der Waals surface area contributed by atoms with Crippen LogP contribution in [0, 0.1) is 0 Å². The number of unbranched alkanes of at least 4 members (excludes halogenated alkanes) is 9. The smallest absolute Gasteiger partial charge is 0.320 e. The van der Waals surface area contributed by atoms with Crippen molar-refractivity contribution in [3.8, 4) is 0 Å². The summed E-state index contributed by atoms with van der Waals surface area (Å²) in [6, 6.07) is -0.311. The summed E-state index contributed by atoms with van der Waals surface area (Å²) in [5.74, 6) is -0.694. The number of rotatable bonds is 13. The van der Waals surface area contributed by atoms with Gasteiger partial charge in [0.15, 0.2) is 0 Å². The number of carboxylic acid groups (broad SMARTS) is 1. The molecule has 0 radical (unpaired) electrons. The molecule has 1 N–H and O–H groups in total. The fourth-order valence-corrected chi connectivity index (χ4v) is 2.43. The summed E-state index contributed by atoms with van der Waals surface area (Å²) in [6.07, 6.45) is 13.7. The Balaban J connectivity index is 0. The van der Waals surface area contributed by atoms with Crippen molar-refractivity contribution in [1.29, 1.82) is 0 Å².